The summed E-state index contributed by atoms with van der Waals surface area (Å²) in [5.74, 6) is 1.22. The van der Waals surface area contributed by atoms with Gasteiger partial charge in [-0.05, 0) is 31.4 Å². The van der Waals surface area contributed by atoms with Gasteiger partial charge in [-0.2, -0.15) is 4.98 Å². The quantitative estimate of drug-likeness (QED) is 0.813. The Bertz CT molecular complexity index is 701. The number of likely N-dealkylation sites (tertiary alicyclic amines) is 1. The Labute approximate surface area is 133 Å². The number of pyridine rings is 1. The van der Waals surface area contributed by atoms with Gasteiger partial charge in [-0.3, -0.25) is 4.79 Å². The molecule has 1 aliphatic rings. The van der Waals surface area contributed by atoms with Crippen LogP contribution in [0.5, 0.6) is 0 Å². The van der Waals surface area contributed by atoms with Gasteiger partial charge in [0.15, 0.2) is 5.82 Å². The average molecular weight is 321 g/mol. The maximum Gasteiger partial charge on any atom is 0.249 e. The second kappa shape index (κ2) is 6.04. The third kappa shape index (κ3) is 2.97. The van der Waals surface area contributed by atoms with Crippen molar-refractivity contribution in [1.29, 1.82) is 0 Å². The Morgan fingerprint density at radius 3 is 3.00 bits per heavy atom. The van der Waals surface area contributed by atoms with Gasteiger partial charge in [-0.1, -0.05) is 22.8 Å². The molecule has 3 rings (SSSR count). The highest BCUT2D eigenvalue weighted by Crippen LogP contribution is 2.29. The molecule has 2 aromatic heterocycles. The van der Waals surface area contributed by atoms with Gasteiger partial charge in [0.05, 0.1) is 0 Å². The van der Waals surface area contributed by atoms with Gasteiger partial charge in [0.1, 0.15) is 11.2 Å². The third-order valence-corrected chi connectivity index (χ3v) is 4.22. The molecule has 0 N–H and O–H groups in total. The first-order valence-corrected chi connectivity index (χ1v) is 7.62. The van der Waals surface area contributed by atoms with Gasteiger partial charge >= 0.3 is 0 Å². The highest BCUT2D eigenvalue weighted by Gasteiger charge is 2.30. The molecule has 3 heterocycles. The SMILES string of the molecule is Cc1nc(Cl)ccc1Cc1noc(C2CCCC(=O)N2C)n1. The van der Waals surface area contributed by atoms with E-state index in [0.717, 1.165) is 24.1 Å². The minimum atomic E-state index is -0.119. The van der Waals surface area contributed by atoms with Crippen LogP contribution in [-0.2, 0) is 11.2 Å². The predicted molar refractivity (Wildman–Crippen MR) is 80.5 cm³/mol. The Kier molecular flexibility index (Phi) is 4.11. The number of nitrogens with zero attached hydrogens (tertiary/aromatic N) is 4. The molecule has 1 unspecified atom stereocenters. The summed E-state index contributed by atoms with van der Waals surface area (Å²) in [6.45, 7) is 1.90. The van der Waals surface area contributed by atoms with Gasteiger partial charge < -0.3 is 9.42 Å². The summed E-state index contributed by atoms with van der Waals surface area (Å²) < 4.78 is 5.36. The zero-order chi connectivity index (χ0) is 15.7. The number of carbonyl (C=O) groups is 1. The van der Waals surface area contributed by atoms with Gasteiger partial charge in [0, 0.05) is 25.6 Å². The van der Waals surface area contributed by atoms with E-state index in [1.165, 1.54) is 0 Å². The van der Waals surface area contributed by atoms with Crippen molar-refractivity contribution in [3.8, 4) is 0 Å². The molecule has 6 nitrogen and oxygen atoms in total. The molecule has 1 fully saturated rings. The van der Waals surface area contributed by atoms with E-state index in [-0.39, 0.29) is 11.9 Å². The van der Waals surface area contributed by atoms with Crippen molar-refractivity contribution in [2.75, 3.05) is 7.05 Å². The van der Waals surface area contributed by atoms with Crippen LogP contribution in [0.1, 0.15) is 48.3 Å². The van der Waals surface area contributed by atoms with Crippen LogP contribution in [-0.4, -0.2) is 33.0 Å². The monoisotopic (exact) mass is 320 g/mol. The maximum atomic E-state index is 11.8. The second-order valence-corrected chi connectivity index (χ2v) is 5.90. The molecule has 1 saturated heterocycles. The van der Waals surface area contributed by atoms with Gasteiger partial charge in [-0.25, -0.2) is 4.98 Å². The van der Waals surface area contributed by atoms with Crippen molar-refractivity contribution in [3.05, 3.63) is 40.3 Å². The number of hydrogen-bond donors (Lipinski definition) is 0. The van der Waals surface area contributed by atoms with Crippen molar-refractivity contribution in [3.63, 3.8) is 0 Å². The molecule has 0 aromatic carbocycles. The Hall–Kier alpha value is -1.95. The zero-order valence-corrected chi connectivity index (χ0v) is 13.3. The number of amides is 1. The molecular weight excluding hydrogens is 304 g/mol. The summed E-state index contributed by atoms with van der Waals surface area (Å²) >= 11 is 5.86. The van der Waals surface area contributed by atoms with Gasteiger partial charge in [0.2, 0.25) is 11.8 Å². The van der Waals surface area contributed by atoms with Crippen molar-refractivity contribution in [1.82, 2.24) is 20.0 Å². The number of rotatable bonds is 3. The Balaban J connectivity index is 1.77. The number of hydrogen-bond acceptors (Lipinski definition) is 5. The molecule has 0 radical (unpaired) electrons. The summed E-state index contributed by atoms with van der Waals surface area (Å²) in [7, 11) is 1.78. The van der Waals surface area contributed by atoms with E-state index in [1.807, 2.05) is 13.0 Å². The van der Waals surface area contributed by atoms with E-state index in [0.29, 0.717) is 29.7 Å². The van der Waals surface area contributed by atoms with Crippen LogP contribution >= 0.6 is 11.6 Å². The van der Waals surface area contributed by atoms with E-state index < -0.39 is 0 Å². The summed E-state index contributed by atoms with van der Waals surface area (Å²) in [4.78, 5) is 22.1. The fraction of sp³-hybridized carbons (Fsp3) is 0.467. The fourth-order valence-corrected chi connectivity index (χ4v) is 2.86. The van der Waals surface area contributed by atoms with E-state index in [2.05, 4.69) is 15.1 Å². The standard InChI is InChI=1S/C15H17ClN4O2/c1-9-10(6-7-12(16)17-9)8-13-18-15(22-19-13)11-4-3-5-14(21)20(11)2/h6-7,11H,3-5,8H2,1-2H3. The van der Waals surface area contributed by atoms with E-state index in [9.17, 15) is 4.79 Å². The van der Waals surface area contributed by atoms with Crippen LogP contribution in [0.4, 0.5) is 0 Å². The molecule has 22 heavy (non-hydrogen) atoms. The molecule has 2 aromatic rings. The van der Waals surface area contributed by atoms with Crippen LogP contribution in [0.25, 0.3) is 0 Å². The minimum absolute atomic E-state index is 0.119. The molecule has 116 valence electrons. The highest BCUT2D eigenvalue weighted by molar-refractivity contribution is 6.29. The number of piperidine rings is 1. The predicted octanol–water partition coefficient (Wildman–Crippen LogP) is 2.70. The van der Waals surface area contributed by atoms with E-state index in [4.69, 9.17) is 16.1 Å². The van der Waals surface area contributed by atoms with Gasteiger partial charge in [-0.15, -0.1) is 0 Å². The summed E-state index contributed by atoms with van der Waals surface area (Å²) in [5.41, 5.74) is 1.86. The Morgan fingerprint density at radius 1 is 1.41 bits per heavy atom. The van der Waals surface area contributed by atoms with Crippen LogP contribution in [0, 0.1) is 6.92 Å². The van der Waals surface area contributed by atoms with Crippen molar-refractivity contribution in [2.45, 2.75) is 38.6 Å². The highest BCUT2D eigenvalue weighted by atomic mass is 35.5. The lowest BCUT2D eigenvalue weighted by atomic mass is 10.0. The number of aryl methyl sites for hydroxylation is 1. The molecular formula is C15H17ClN4O2. The van der Waals surface area contributed by atoms with Crippen molar-refractivity contribution < 1.29 is 9.32 Å². The summed E-state index contributed by atoms with van der Waals surface area (Å²) in [5, 5.41) is 4.49. The average Bonchev–Trinajstić information content (AvgIpc) is 2.93. The topological polar surface area (TPSA) is 72.1 Å². The lowest BCUT2D eigenvalue weighted by Crippen LogP contribution is -2.34. The molecule has 0 saturated carbocycles. The van der Waals surface area contributed by atoms with Crippen LogP contribution in [0.2, 0.25) is 5.15 Å². The molecule has 0 bridgehead atoms. The lowest BCUT2D eigenvalue weighted by Gasteiger charge is -2.29. The molecule has 7 heteroatoms. The fourth-order valence-electron chi connectivity index (χ4n) is 2.67. The molecule has 1 atom stereocenters. The molecule has 1 aliphatic heterocycles. The number of aromatic nitrogens is 3. The van der Waals surface area contributed by atoms with Crippen molar-refractivity contribution >= 4 is 17.5 Å². The number of carbonyl (C=O) groups excluding carboxylic acids is 1. The van der Waals surface area contributed by atoms with Crippen molar-refractivity contribution in [2.24, 2.45) is 0 Å². The lowest BCUT2D eigenvalue weighted by molar-refractivity contribution is -0.135. The summed E-state index contributed by atoms with van der Waals surface area (Å²) in [6.07, 6.45) is 2.82. The second-order valence-electron chi connectivity index (χ2n) is 5.52. The molecule has 0 spiro atoms. The van der Waals surface area contributed by atoms with E-state index in [1.54, 1.807) is 18.0 Å². The largest absolute Gasteiger partial charge is 0.337 e. The summed E-state index contributed by atoms with van der Waals surface area (Å²) in [6, 6.07) is 3.54. The first-order chi connectivity index (χ1) is 10.5. The van der Waals surface area contributed by atoms with Crippen LogP contribution < -0.4 is 0 Å². The van der Waals surface area contributed by atoms with Crippen LogP contribution in [0.3, 0.4) is 0 Å². The first kappa shape index (κ1) is 15.0. The molecule has 1 amide bonds. The van der Waals surface area contributed by atoms with Gasteiger partial charge in [0.25, 0.3) is 0 Å². The normalized spacial score (nSPS) is 18.8. The maximum absolute atomic E-state index is 11.8. The Morgan fingerprint density at radius 2 is 2.23 bits per heavy atom. The number of halogens is 1. The first-order valence-electron chi connectivity index (χ1n) is 7.25. The zero-order valence-electron chi connectivity index (χ0n) is 12.5. The smallest absolute Gasteiger partial charge is 0.249 e. The minimum Gasteiger partial charge on any atom is -0.337 e. The third-order valence-electron chi connectivity index (χ3n) is 4.01. The van der Waals surface area contributed by atoms with E-state index >= 15 is 0 Å². The molecule has 0 aliphatic carbocycles. The van der Waals surface area contributed by atoms with Crippen LogP contribution in [0.15, 0.2) is 16.7 Å².